The van der Waals surface area contributed by atoms with E-state index in [-0.39, 0.29) is 11.7 Å². The Bertz CT molecular complexity index is 658. The summed E-state index contributed by atoms with van der Waals surface area (Å²) in [4.78, 5) is 12.5. The summed E-state index contributed by atoms with van der Waals surface area (Å²) in [7, 11) is 0. The molecule has 0 radical (unpaired) electrons. The van der Waals surface area contributed by atoms with Gasteiger partial charge in [-0.15, -0.1) is 0 Å². The molecule has 0 fully saturated rings. The number of benzene rings is 1. The lowest BCUT2D eigenvalue weighted by atomic mass is 10.1. The van der Waals surface area contributed by atoms with Crippen molar-refractivity contribution in [3.63, 3.8) is 0 Å². The quantitative estimate of drug-likeness (QED) is 0.658. The van der Waals surface area contributed by atoms with Crippen molar-refractivity contribution in [2.45, 2.75) is 65.5 Å². The highest BCUT2D eigenvalue weighted by Crippen LogP contribution is 2.19. The zero-order valence-electron chi connectivity index (χ0n) is 14.0. The van der Waals surface area contributed by atoms with Crippen LogP contribution in [0.4, 0.5) is 0 Å². The maximum atomic E-state index is 12.5. The maximum Gasteiger partial charge on any atom is 0.258 e. The fourth-order valence-electron chi connectivity index (χ4n) is 2.67. The second kappa shape index (κ2) is 8.02. The second-order valence-corrected chi connectivity index (χ2v) is 6.14. The molecule has 1 aromatic carbocycles. The van der Waals surface area contributed by atoms with E-state index in [4.69, 9.17) is 4.74 Å². The number of pyridine rings is 1. The lowest BCUT2D eigenvalue weighted by Crippen LogP contribution is -2.19. The van der Waals surface area contributed by atoms with Crippen LogP contribution in [0.15, 0.2) is 35.3 Å². The van der Waals surface area contributed by atoms with Crippen molar-refractivity contribution in [2.75, 3.05) is 0 Å². The van der Waals surface area contributed by atoms with Gasteiger partial charge in [0.25, 0.3) is 5.56 Å². The molecule has 0 saturated carbocycles. The zero-order valence-corrected chi connectivity index (χ0v) is 14.0. The van der Waals surface area contributed by atoms with Gasteiger partial charge >= 0.3 is 0 Å². The molecule has 0 aliphatic rings. The number of unbranched alkanes of at least 4 members (excludes halogenated alkanes) is 4. The summed E-state index contributed by atoms with van der Waals surface area (Å²) in [6.07, 6.45) is 8.10. The topological polar surface area (TPSA) is 31.2 Å². The van der Waals surface area contributed by atoms with E-state index >= 15 is 0 Å². The molecule has 0 aliphatic heterocycles. The molecular formula is C19H27NO2. The Hall–Kier alpha value is -1.77. The van der Waals surface area contributed by atoms with Gasteiger partial charge in [0.2, 0.25) is 0 Å². The molecule has 22 heavy (non-hydrogen) atoms. The van der Waals surface area contributed by atoms with Crippen molar-refractivity contribution in [3.05, 3.63) is 40.8 Å². The van der Waals surface area contributed by atoms with Crippen LogP contribution in [0.1, 0.15) is 52.9 Å². The zero-order chi connectivity index (χ0) is 15.9. The van der Waals surface area contributed by atoms with Crippen LogP contribution >= 0.6 is 0 Å². The summed E-state index contributed by atoms with van der Waals surface area (Å²) in [5.74, 6) is 0.819. The summed E-state index contributed by atoms with van der Waals surface area (Å²) < 4.78 is 7.52. The van der Waals surface area contributed by atoms with E-state index < -0.39 is 0 Å². The van der Waals surface area contributed by atoms with Gasteiger partial charge in [-0.05, 0) is 49.9 Å². The molecule has 0 unspecified atom stereocenters. The minimum atomic E-state index is 0.101. The van der Waals surface area contributed by atoms with Crippen molar-refractivity contribution in [1.29, 1.82) is 0 Å². The standard InChI is InChI=1S/C19H27NO2/c1-4-5-6-7-8-12-20-13-11-16-14-17(22-15(2)3)9-10-18(16)19(20)21/h9-11,13-15H,4-8,12H2,1-3H3. The minimum absolute atomic E-state index is 0.101. The Morgan fingerprint density at radius 1 is 1.09 bits per heavy atom. The number of ether oxygens (including phenoxy) is 1. The van der Waals surface area contributed by atoms with E-state index in [9.17, 15) is 4.79 Å². The van der Waals surface area contributed by atoms with E-state index in [1.54, 1.807) is 0 Å². The third-order valence-electron chi connectivity index (χ3n) is 3.82. The van der Waals surface area contributed by atoms with Crippen molar-refractivity contribution < 1.29 is 4.74 Å². The summed E-state index contributed by atoms with van der Waals surface area (Å²) in [5.41, 5.74) is 0.101. The van der Waals surface area contributed by atoms with E-state index in [1.807, 2.05) is 48.9 Å². The third kappa shape index (κ3) is 4.36. The van der Waals surface area contributed by atoms with Crippen LogP contribution in [-0.2, 0) is 6.54 Å². The minimum Gasteiger partial charge on any atom is -0.491 e. The predicted octanol–water partition coefficient (Wildman–Crippen LogP) is 4.76. The molecule has 0 amide bonds. The molecule has 0 N–H and O–H groups in total. The van der Waals surface area contributed by atoms with Crippen molar-refractivity contribution in [2.24, 2.45) is 0 Å². The van der Waals surface area contributed by atoms with Crippen LogP contribution in [0.25, 0.3) is 10.8 Å². The molecule has 0 spiro atoms. The van der Waals surface area contributed by atoms with Gasteiger partial charge < -0.3 is 9.30 Å². The lowest BCUT2D eigenvalue weighted by Gasteiger charge is -2.11. The Labute approximate surface area is 132 Å². The first-order chi connectivity index (χ1) is 10.6. The largest absolute Gasteiger partial charge is 0.491 e. The molecule has 1 heterocycles. The number of aryl methyl sites for hydroxylation is 1. The van der Waals surface area contributed by atoms with Crippen LogP contribution in [0, 0.1) is 0 Å². The Kier molecular flexibility index (Phi) is 6.05. The monoisotopic (exact) mass is 301 g/mol. The van der Waals surface area contributed by atoms with Crippen molar-refractivity contribution in [1.82, 2.24) is 4.57 Å². The van der Waals surface area contributed by atoms with Gasteiger partial charge in [-0.1, -0.05) is 32.6 Å². The number of aromatic nitrogens is 1. The smallest absolute Gasteiger partial charge is 0.258 e. The van der Waals surface area contributed by atoms with Gasteiger partial charge in [0.15, 0.2) is 0 Å². The van der Waals surface area contributed by atoms with Gasteiger partial charge in [-0.3, -0.25) is 4.79 Å². The van der Waals surface area contributed by atoms with Crippen LogP contribution in [0.5, 0.6) is 5.75 Å². The van der Waals surface area contributed by atoms with Gasteiger partial charge in [0.1, 0.15) is 5.75 Å². The number of nitrogens with zero attached hydrogens (tertiary/aromatic N) is 1. The highest BCUT2D eigenvalue weighted by molar-refractivity contribution is 5.82. The highest BCUT2D eigenvalue weighted by atomic mass is 16.5. The number of fused-ring (bicyclic) bond motifs is 1. The molecule has 0 atom stereocenters. The van der Waals surface area contributed by atoms with Gasteiger partial charge in [-0.2, -0.15) is 0 Å². The predicted molar refractivity (Wildman–Crippen MR) is 92.7 cm³/mol. The summed E-state index contributed by atoms with van der Waals surface area (Å²) in [5, 5.41) is 1.72. The Morgan fingerprint density at radius 2 is 1.86 bits per heavy atom. The Balaban J connectivity index is 2.11. The van der Waals surface area contributed by atoms with E-state index in [0.29, 0.717) is 0 Å². The molecule has 0 bridgehead atoms. The summed E-state index contributed by atoms with van der Waals surface area (Å²) in [6, 6.07) is 7.72. The molecular weight excluding hydrogens is 274 g/mol. The van der Waals surface area contributed by atoms with Crippen molar-refractivity contribution >= 4 is 10.8 Å². The molecule has 0 aliphatic carbocycles. The van der Waals surface area contributed by atoms with Crippen LogP contribution in [0.2, 0.25) is 0 Å². The number of rotatable bonds is 8. The molecule has 1 aromatic heterocycles. The summed E-state index contributed by atoms with van der Waals surface area (Å²) in [6.45, 7) is 7.02. The normalized spacial score (nSPS) is 11.3. The number of hydrogen-bond acceptors (Lipinski definition) is 2. The first kappa shape index (κ1) is 16.6. The fraction of sp³-hybridized carbons (Fsp3) is 0.526. The molecule has 3 nitrogen and oxygen atoms in total. The Morgan fingerprint density at radius 3 is 2.59 bits per heavy atom. The van der Waals surface area contributed by atoms with E-state index in [2.05, 4.69) is 6.92 Å². The average molecular weight is 301 g/mol. The van der Waals surface area contributed by atoms with Gasteiger partial charge in [0.05, 0.1) is 6.10 Å². The van der Waals surface area contributed by atoms with Crippen LogP contribution < -0.4 is 10.3 Å². The van der Waals surface area contributed by atoms with Crippen molar-refractivity contribution in [3.8, 4) is 5.75 Å². The molecule has 0 saturated heterocycles. The molecule has 3 heteroatoms. The van der Waals surface area contributed by atoms with E-state index in [1.165, 1.54) is 25.7 Å². The van der Waals surface area contributed by atoms with Gasteiger partial charge in [-0.25, -0.2) is 0 Å². The maximum absolute atomic E-state index is 12.5. The van der Waals surface area contributed by atoms with Crippen LogP contribution in [0.3, 0.4) is 0 Å². The SMILES string of the molecule is CCCCCCCn1ccc2cc(OC(C)C)ccc2c1=O. The van der Waals surface area contributed by atoms with E-state index in [0.717, 1.165) is 29.5 Å². The van der Waals surface area contributed by atoms with Gasteiger partial charge in [0, 0.05) is 18.1 Å². The van der Waals surface area contributed by atoms with Crippen LogP contribution in [-0.4, -0.2) is 10.7 Å². The first-order valence-electron chi connectivity index (χ1n) is 8.41. The lowest BCUT2D eigenvalue weighted by molar-refractivity contribution is 0.243. The fourth-order valence-corrected chi connectivity index (χ4v) is 2.67. The third-order valence-corrected chi connectivity index (χ3v) is 3.82. The second-order valence-electron chi connectivity index (χ2n) is 6.14. The summed E-state index contributed by atoms with van der Waals surface area (Å²) >= 11 is 0. The number of hydrogen-bond donors (Lipinski definition) is 0. The first-order valence-corrected chi connectivity index (χ1v) is 8.41. The highest BCUT2D eigenvalue weighted by Gasteiger charge is 2.05. The molecule has 120 valence electrons. The average Bonchev–Trinajstić information content (AvgIpc) is 2.48. The molecule has 2 aromatic rings. The molecule has 2 rings (SSSR count).